The summed E-state index contributed by atoms with van der Waals surface area (Å²) in [6.45, 7) is 2.87. The van der Waals surface area contributed by atoms with Crippen molar-refractivity contribution in [1.82, 2.24) is 9.97 Å². The predicted molar refractivity (Wildman–Crippen MR) is 106 cm³/mol. The Balaban J connectivity index is 1.55. The smallest absolute Gasteiger partial charge is 0.530 e. The molecule has 0 radical (unpaired) electrons. The zero-order valence-electron chi connectivity index (χ0n) is 15.7. The van der Waals surface area contributed by atoms with Gasteiger partial charge in [0.15, 0.2) is 5.82 Å². The van der Waals surface area contributed by atoms with E-state index in [9.17, 15) is 14.7 Å². The van der Waals surface area contributed by atoms with Gasteiger partial charge in [0.1, 0.15) is 11.6 Å². The molecule has 0 amide bonds. The molecule has 1 aromatic heterocycles. The van der Waals surface area contributed by atoms with Crippen LogP contribution >= 0.6 is 0 Å². The molecule has 3 heterocycles. The lowest BCUT2D eigenvalue weighted by molar-refractivity contribution is 0.0698. The van der Waals surface area contributed by atoms with Crippen LogP contribution in [-0.2, 0) is 4.74 Å². The largest absolute Gasteiger partial charge is 0.552 e. The third-order valence-corrected chi connectivity index (χ3v) is 4.82. The van der Waals surface area contributed by atoms with E-state index < -0.39 is 12.9 Å². The molecule has 0 aliphatic carbocycles. The number of hydrogen-bond acceptors (Lipinski definition) is 8. The number of fused-ring (bicyclic) bond motifs is 1. The van der Waals surface area contributed by atoms with Gasteiger partial charge < -0.3 is 25.0 Å². The highest BCUT2D eigenvalue weighted by molar-refractivity contribution is 6.51. The highest BCUT2D eigenvalue weighted by Gasteiger charge is 2.26. The van der Waals surface area contributed by atoms with E-state index in [2.05, 4.69) is 26.7 Å². The van der Waals surface area contributed by atoms with Crippen LogP contribution in [0.4, 0.5) is 21.8 Å². The standard InChI is InChI=1S/C19H19BFN5O3/c1-11-9-23-19(26-18(11)25-16-10-28-5-3-13(16)8-22)24-14-6-12-2-4-20(27)29-17(12)15(21)7-14/h2,4,6-7,9,13,16,27H,3,5,10H2,1H3,(H2,23,24,25,26). The van der Waals surface area contributed by atoms with Gasteiger partial charge in [-0.2, -0.15) is 10.2 Å². The van der Waals surface area contributed by atoms with Crippen LogP contribution in [0.5, 0.6) is 5.75 Å². The first kappa shape index (κ1) is 19.2. The second-order valence-corrected chi connectivity index (χ2v) is 6.94. The molecule has 1 saturated heterocycles. The number of hydrogen-bond donors (Lipinski definition) is 3. The molecule has 2 aliphatic rings. The van der Waals surface area contributed by atoms with E-state index >= 15 is 0 Å². The van der Waals surface area contributed by atoms with Crippen molar-refractivity contribution < 1.29 is 18.8 Å². The number of nitrogens with zero attached hydrogens (tertiary/aromatic N) is 3. The number of halogens is 1. The molecule has 8 nitrogen and oxygen atoms in total. The first-order valence-electron chi connectivity index (χ1n) is 9.24. The minimum atomic E-state index is -1.16. The third kappa shape index (κ3) is 4.16. The molecule has 2 atom stereocenters. The fraction of sp³-hybridized carbons (Fsp3) is 0.316. The van der Waals surface area contributed by atoms with Crippen molar-refractivity contribution in [3.63, 3.8) is 0 Å². The average Bonchev–Trinajstić information content (AvgIpc) is 2.71. The molecule has 1 fully saturated rings. The van der Waals surface area contributed by atoms with Crippen molar-refractivity contribution in [2.24, 2.45) is 5.92 Å². The van der Waals surface area contributed by atoms with Gasteiger partial charge in [-0.3, -0.25) is 0 Å². The number of aromatic nitrogens is 2. The molecule has 10 heteroatoms. The van der Waals surface area contributed by atoms with E-state index in [0.717, 1.165) is 5.56 Å². The lowest BCUT2D eigenvalue weighted by atomic mass is 9.86. The summed E-state index contributed by atoms with van der Waals surface area (Å²) in [5.74, 6) is 1.53. The van der Waals surface area contributed by atoms with Crippen LogP contribution in [0.2, 0.25) is 0 Å². The number of aryl methyl sites for hydroxylation is 1. The topological polar surface area (TPSA) is 112 Å². The van der Waals surface area contributed by atoms with Crippen LogP contribution in [0.3, 0.4) is 0 Å². The lowest BCUT2D eigenvalue weighted by Crippen LogP contribution is -2.38. The van der Waals surface area contributed by atoms with Crippen LogP contribution in [0.15, 0.2) is 24.3 Å². The quantitative estimate of drug-likeness (QED) is 0.677. The minimum absolute atomic E-state index is 0.00225. The van der Waals surface area contributed by atoms with E-state index in [1.807, 2.05) is 6.92 Å². The van der Waals surface area contributed by atoms with Crippen LogP contribution in [-0.4, -0.2) is 41.4 Å². The molecule has 29 heavy (non-hydrogen) atoms. The minimum Gasteiger partial charge on any atom is -0.530 e. The lowest BCUT2D eigenvalue weighted by Gasteiger charge is -2.28. The van der Waals surface area contributed by atoms with Gasteiger partial charge >= 0.3 is 7.12 Å². The summed E-state index contributed by atoms with van der Waals surface area (Å²) in [5.41, 5.74) is 1.76. The summed E-state index contributed by atoms with van der Waals surface area (Å²) in [6.07, 6.45) is 3.91. The molecule has 2 unspecified atom stereocenters. The van der Waals surface area contributed by atoms with Crippen LogP contribution in [0.1, 0.15) is 17.5 Å². The summed E-state index contributed by atoms with van der Waals surface area (Å²) < 4.78 is 24.9. The zero-order valence-corrected chi connectivity index (χ0v) is 15.7. The van der Waals surface area contributed by atoms with E-state index in [4.69, 9.17) is 9.39 Å². The highest BCUT2D eigenvalue weighted by atomic mass is 19.1. The molecule has 2 aliphatic heterocycles. The van der Waals surface area contributed by atoms with Gasteiger partial charge in [0, 0.05) is 35.7 Å². The molecule has 148 valence electrons. The summed E-state index contributed by atoms with van der Waals surface area (Å²) in [5, 5.41) is 25.1. The fourth-order valence-corrected chi connectivity index (χ4v) is 3.27. The van der Waals surface area contributed by atoms with Crippen LogP contribution < -0.4 is 15.3 Å². The summed E-state index contributed by atoms with van der Waals surface area (Å²) in [6, 6.07) is 5.08. The van der Waals surface area contributed by atoms with E-state index in [0.29, 0.717) is 36.7 Å². The number of benzene rings is 1. The molecule has 3 N–H and O–H groups in total. The molecule has 0 bridgehead atoms. The highest BCUT2D eigenvalue weighted by Crippen LogP contribution is 2.32. The van der Waals surface area contributed by atoms with Crippen molar-refractivity contribution >= 4 is 30.6 Å². The van der Waals surface area contributed by atoms with Gasteiger partial charge in [-0.25, -0.2) is 9.37 Å². The van der Waals surface area contributed by atoms with Gasteiger partial charge in [0.05, 0.1) is 24.6 Å². The van der Waals surface area contributed by atoms with Crippen molar-refractivity contribution in [3.8, 4) is 11.8 Å². The Hall–Kier alpha value is -3.16. The zero-order chi connectivity index (χ0) is 20.4. The van der Waals surface area contributed by atoms with Gasteiger partial charge in [-0.1, -0.05) is 6.08 Å². The van der Waals surface area contributed by atoms with Crippen molar-refractivity contribution in [3.05, 3.63) is 41.2 Å². The first-order valence-corrected chi connectivity index (χ1v) is 9.24. The summed E-state index contributed by atoms with van der Waals surface area (Å²) in [7, 11) is -1.16. The molecular formula is C19H19BFN5O3. The Labute approximate surface area is 167 Å². The molecule has 2 aromatic rings. The van der Waals surface area contributed by atoms with E-state index in [-0.39, 0.29) is 23.7 Å². The SMILES string of the molecule is Cc1cnc(Nc2cc(F)c3c(c2)C=CB(O)O3)nc1NC1COCCC1C#N. The first-order chi connectivity index (χ1) is 14.0. The van der Waals surface area contributed by atoms with Gasteiger partial charge in [0.25, 0.3) is 0 Å². The Morgan fingerprint density at radius 1 is 1.41 bits per heavy atom. The van der Waals surface area contributed by atoms with Gasteiger partial charge in [0.2, 0.25) is 5.95 Å². The second-order valence-electron chi connectivity index (χ2n) is 6.94. The fourth-order valence-electron chi connectivity index (χ4n) is 3.27. The van der Waals surface area contributed by atoms with E-state index in [1.165, 1.54) is 12.0 Å². The third-order valence-electron chi connectivity index (χ3n) is 4.82. The predicted octanol–water partition coefficient (Wildman–Crippen LogP) is 2.43. The van der Waals surface area contributed by atoms with Crippen LogP contribution in [0, 0.1) is 30.0 Å². The Kier molecular flexibility index (Phi) is 5.33. The average molecular weight is 395 g/mol. The van der Waals surface area contributed by atoms with Gasteiger partial charge in [-0.05, 0) is 25.4 Å². The summed E-state index contributed by atoms with van der Waals surface area (Å²) >= 11 is 0. The number of rotatable bonds is 4. The molecule has 4 rings (SSSR count). The Morgan fingerprint density at radius 2 is 2.28 bits per heavy atom. The molecule has 1 aromatic carbocycles. The van der Waals surface area contributed by atoms with Crippen molar-refractivity contribution in [1.29, 1.82) is 5.26 Å². The Morgan fingerprint density at radius 3 is 3.10 bits per heavy atom. The molecule has 0 saturated carbocycles. The second kappa shape index (κ2) is 8.07. The number of nitrogens with one attached hydrogen (secondary N) is 2. The number of ether oxygens (including phenoxy) is 1. The van der Waals surface area contributed by atoms with E-state index in [1.54, 1.807) is 18.3 Å². The monoisotopic (exact) mass is 395 g/mol. The van der Waals surface area contributed by atoms with Crippen molar-refractivity contribution in [2.45, 2.75) is 19.4 Å². The Bertz CT molecular complexity index is 997. The number of nitriles is 1. The van der Waals surface area contributed by atoms with Gasteiger partial charge in [-0.15, -0.1) is 0 Å². The molecule has 0 spiro atoms. The summed E-state index contributed by atoms with van der Waals surface area (Å²) in [4.78, 5) is 8.72. The maximum absolute atomic E-state index is 14.3. The van der Waals surface area contributed by atoms with Crippen LogP contribution in [0.25, 0.3) is 6.08 Å². The maximum Gasteiger partial charge on any atom is 0.552 e. The number of anilines is 3. The normalized spacial score (nSPS) is 20.4. The van der Waals surface area contributed by atoms with Crippen molar-refractivity contribution in [2.75, 3.05) is 23.8 Å². The maximum atomic E-state index is 14.3. The molecular weight excluding hydrogens is 376 g/mol.